The first kappa shape index (κ1) is 16.3. The fourth-order valence-corrected chi connectivity index (χ4v) is 3.64. The average Bonchev–Trinajstić information content (AvgIpc) is 3.33. The van der Waals surface area contributed by atoms with Crippen LogP contribution >= 0.6 is 0 Å². The first-order chi connectivity index (χ1) is 12.2. The van der Waals surface area contributed by atoms with Crippen LogP contribution in [0, 0.1) is 0 Å². The van der Waals surface area contributed by atoms with Crippen molar-refractivity contribution in [3.8, 4) is 0 Å². The van der Waals surface area contributed by atoms with Crippen LogP contribution in [0.1, 0.15) is 28.3 Å². The fourth-order valence-electron chi connectivity index (χ4n) is 3.64. The van der Waals surface area contributed by atoms with Gasteiger partial charge in [0.05, 0.1) is 36.8 Å². The molecule has 0 aliphatic carbocycles. The number of carbonyl (C=O) groups excluding carboxylic acids is 1. The number of nitrogens with zero attached hydrogens (tertiary/aromatic N) is 5. The topological polar surface area (TPSA) is 77.2 Å². The van der Waals surface area contributed by atoms with E-state index >= 15 is 0 Å². The summed E-state index contributed by atoms with van der Waals surface area (Å²) in [5.74, 6) is 0.994. The molecule has 1 amide bonds. The van der Waals surface area contributed by atoms with E-state index in [1.807, 2.05) is 6.20 Å². The second-order valence-corrected chi connectivity index (χ2v) is 6.71. The van der Waals surface area contributed by atoms with Gasteiger partial charge in [-0.3, -0.25) is 14.4 Å². The predicted molar refractivity (Wildman–Crippen MR) is 91.1 cm³/mol. The van der Waals surface area contributed by atoms with Gasteiger partial charge in [0.1, 0.15) is 5.82 Å². The third-order valence-electron chi connectivity index (χ3n) is 5.07. The second kappa shape index (κ2) is 6.97. The van der Waals surface area contributed by atoms with E-state index in [1.54, 1.807) is 24.1 Å². The summed E-state index contributed by atoms with van der Waals surface area (Å²) in [5.41, 5.74) is 1.63. The molecular weight excluding hydrogens is 320 g/mol. The monoisotopic (exact) mass is 344 g/mol. The number of carbonyl (C=O) groups is 1. The van der Waals surface area contributed by atoms with Crippen LogP contribution in [0.3, 0.4) is 0 Å². The van der Waals surface area contributed by atoms with Crippen LogP contribution in [-0.4, -0.2) is 62.5 Å². The summed E-state index contributed by atoms with van der Waals surface area (Å²) in [4.78, 5) is 19.3. The number of aromatic nitrogens is 4. The first-order valence-corrected chi connectivity index (χ1v) is 8.82. The number of hydrogen-bond donors (Lipinski definition) is 1. The molecule has 25 heavy (non-hydrogen) atoms. The van der Waals surface area contributed by atoms with E-state index in [0.29, 0.717) is 18.2 Å². The Morgan fingerprint density at radius 3 is 3.04 bits per heavy atom. The van der Waals surface area contributed by atoms with Crippen LogP contribution in [0.25, 0.3) is 0 Å². The van der Waals surface area contributed by atoms with Gasteiger partial charge in [0.25, 0.3) is 5.91 Å². The fraction of sp³-hybridized carbons (Fsp3) is 0.588. The minimum absolute atomic E-state index is 0.109. The number of hydrogen-bond acceptors (Lipinski definition) is 5. The SMILES string of the molecule is Cn1cc(C(=O)NCc2cnc3n2CCN([C@@H]2CCOC2)CC3)cn1. The standard InChI is InChI=1S/C17H24N6O2/c1-21-11-13(8-20-21)17(24)19-10-15-9-18-16-2-4-22(5-6-23(15)16)14-3-7-25-12-14/h8-9,11,14H,2-7,10,12H2,1H3,(H,19,24)/t14-/m1/s1. The molecule has 134 valence electrons. The number of amides is 1. The number of fused-ring (bicyclic) bond motifs is 1. The number of rotatable bonds is 4. The van der Waals surface area contributed by atoms with Gasteiger partial charge in [0, 0.05) is 51.9 Å². The molecule has 1 saturated heterocycles. The third-order valence-corrected chi connectivity index (χ3v) is 5.07. The van der Waals surface area contributed by atoms with Gasteiger partial charge in [-0.15, -0.1) is 0 Å². The van der Waals surface area contributed by atoms with Gasteiger partial charge in [-0.25, -0.2) is 4.98 Å². The Morgan fingerprint density at radius 1 is 1.36 bits per heavy atom. The molecule has 8 nitrogen and oxygen atoms in total. The van der Waals surface area contributed by atoms with Gasteiger partial charge < -0.3 is 14.6 Å². The van der Waals surface area contributed by atoms with E-state index in [0.717, 1.165) is 57.2 Å². The maximum atomic E-state index is 12.2. The largest absolute Gasteiger partial charge is 0.380 e. The van der Waals surface area contributed by atoms with Crippen molar-refractivity contribution in [1.29, 1.82) is 0 Å². The Hall–Kier alpha value is -2.19. The van der Waals surface area contributed by atoms with Crippen LogP contribution in [0.15, 0.2) is 18.6 Å². The van der Waals surface area contributed by atoms with E-state index in [4.69, 9.17) is 4.74 Å². The molecule has 0 saturated carbocycles. The smallest absolute Gasteiger partial charge is 0.254 e. The lowest BCUT2D eigenvalue weighted by atomic mass is 10.2. The Morgan fingerprint density at radius 2 is 2.28 bits per heavy atom. The van der Waals surface area contributed by atoms with Gasteiger partial charge in [-0.05, 0) is 6.42 Å². The molecule has 0 aromatic carbocycles. The Bertz CT molecular complexity index is 746. The number of aryl methyl sites for hydroxylation is 1. The van der Waals surface area contributed by atoms with Crippen molar-refractivity contribution in [2.45, 2.75) is 32.0 Å². The summed E-state index contributed by atoms with van der Waals surface area (Å²) in [6.45, 7) is 5.12. The number of ether oxygens (including phenoxy) is 1. The highest BCUT2D eigenvalue weighted by atomic mass is 16.5. The van der Waals surface area contributed by atoms with E-state index in [-0.39, 0.29) is 5.91 Å². The highest BCUT2D eigenvalue weighted by Gasteiger charge is 2.26. The van der Waals surface area contributed by atoms with Gasteiger partial charge in [0.15, 0.2) is 0 Å². The third kappa shape index (κ3) is 3.45. The summed E-state index contributed by atoms with van der Waals surface area (Å²) >= 11 is 0. The lowest BCUT2D eigenvalue weighted by Gasteiger charge is -2.25. The summed E-state index contributed by atoms with van der Waals surface area (Å²) in [5, 5.41) is 7.00. The minimum Gasteiger partial charge on any atom is -0.380 e. The molecule has 2 aliphatic rings. The van der Waals surface area contributed by atoms with Crippen molar-refractivity contribution >= 4 is 5.91 Å². The van der Waals surface area contributed by atoms with Crippen molar-refractivity contribution < 1.29 is 9.53 Å². The zero-order valence-electron chi connectivity index (χ0n) is 14.5. The number of imidazole rings is 1. The normalized spacial score (nSPS) is 21.1. The maximum Gasteiger partial charge on any atom is 0.254 e. The first-order valence-electron chi connectivity index (χ1n) is 8.82. The van der Waals surface area contributed by atoms with E-state index < -0.39 is 0 Å². The lowest BCUT2D eigenvalue weighted by Crippen LogP contribution is -2.37. The summed E-state index contributed by atoms with van der Waals surface area (Å²) in [6.07, 6.45) is 7.23. The molecule has 1 atom stereocenters. The van der Waals surface area contributed by atoms with Crippen molar-refractivity contribution in [3.63, 3.8) is 0 Å². The van der Waals surface area contributed by atoms with Gasteiger partial charge >= 0.3 is 0 Å². The van der Waals surface area contributed by atoms with Gasteiger partial charge in [-0.2, -0.15) is 5.10 Å². The Balaban J connectivity index is 1.39. The number of nitrogens with one attached hydrogen (secondary N) is 1. The summed E-state index contributed by atoms with van der Waals surface area (Å²) in [7, 11) is 1.80. The van der Waals surface area contributed by atoms with Crippen molar-refractivity contribution in [1.82, 2.24) is 29.5 Å². The zero-order chi connectivity index (χ0) is 17.2. The molecule has 0 spiro atoms. The summed E-state index contributed by atoms with van der Waals surface area (Å²) in [6, 6.07) is 0.540. The van der Waals surface area contributed by atoms with Crippen molar-refractivity contribution in [2.75, 3.05) is 26.3 Å². The molecule has 0 radical (unpaired) electrons. The van der Waals surface area contributed by atoms with Crippen LogP contribution in [-0.2, 0) is 31.3 Å². The van der Waals surface area contributed by atoms with Crippen LogP contribution < -0.4 is 5.32 Å². The van der Waals surface area contributed by atoms with Crippen molar-refractivity contribution in [2.24, 2.45) is 7.05 Å². The molecule has 2 aromatic heterocycles. The van der Waals surface area contributed by atoms with E-state index in [2.05, 4.69) is 24.9 Å². The van der Waals surface area contributed by atoms with E-state index in [1.165, 1.54) is 0 Å². The van der Waals surface area contributed by atoms with Crippen LogP contribution in [0.4, 0.5) is 0 Å². The minimum atomic E-state index is -0.109. The quantitative estimate of drug-likeness (QED) is 0.857. The van der Waals surface area contributed by atoms with E-state index in [9.17, 15) is 4.79 Å². The highest BCUT2D eigenvalue weighted by molar-refractivity contribution is 5.93. The van der Waals surface area contributed by atoms with Crippen LogP contribution in [0.2, 0.25) is 0 Å². The molecule has 8 heteroatoms. The van der Waals surface area contributed by atoms with Gasteiger partial charge in [-0.1, -0.05) is 0 Å². The molecule has 0 bridgehead atoms. The average molecular weight is 344 g/mol. The van der Waals surface area contributed by atoms with Gasteiger partial charge in [0.2, 0.25) is 0 Å². The molecule has 2 aliphatic heterocycles. The second-order valence-electron chi connectivity index (χ2n) is 6.71. The highest BCUT2D eigenvalue weighted by Crippen LogP contribution is 2.17. The summed E-state index contributed by atoms with van der Waals surface area (Å²) < 4.78 is 9.40. The molecule has 0 unspecified atom stereocenters. The Kier molecular flexibility index (Phi) is 4.54. The Labute approximate surface area is 146 Å². The lowest BCUT2D eigenvalue weighted by molar-refractivity contribution is 0.0950. The maximum absolute atomic E-state index is 12.2. The molecule has 2 aromatic rings. The predicted octanol–water partition coefficient (Wildman–Crippen LogP) is 0.194. The molecule has 4 rings (SSSR count). The molecule has 4 heterocycles. The van der Waals surface area contributed by atoms with Crippen molar-refractivity contribution in [3.05, 3.63) is 35.7 Å². The van der Waals surface area contributed by atoms with Crippen LogP contribution in [0.5, 0.6) is 0 Å². The molecular formula is C17H24N6O2. The molecule has 1 fully saturated rings. The zero-order valence-corrected chi connectivity index (χ0v) is 14.5. The molecule has 1 N–H and O–H groups in total.